The number of rotatable bonds is 7. The van der Waals surface area contributed by atoms with Crippen molar-refractivity contribution in [2.24, 2.45) is 5.92 Å². The minimum atomic E-state index is -1.03. The van der Waals surface area contributed by atoms with Crippen LogP contribution < -0.4 is 19.4 Å². The van der Waals surface area contributed by atoms with Crippen LogP contribution in [0.25, 0.3) is 0 Å². The molecule has 0 spiro atoms. The summed E-state index contributed by atoms with van der Waals surface area (Å²) < 4.78 is 16.0. The molecule has 0 bridgehead atoms. The highest BCUT2D eigenvalue weighted by molar-refractivity contribution is 6.24. The van der Waals surface area contributed by atoms with Gasteiger partial charge in [-0.2, -0.15) is 0 Å². The quantitative estimate of drug-likeness (QED) is 0.354. The van der Waals surface area contributed by atoms with Gasteiger partial charge in [-0.1, -0.05) is 18.2 Å². The zero-order valence-electron chi connectivity index (χ0n) is 20.6. The Morgan fingerprint density at radius 3 is 2.27 bits per heavy atom. The van der Waals surface area contributed by atoms with Crippen LogP contribution in [0, 0.1) is 5.92 Å². The second-order valence-corrected chi connectivity index (χ2v) is 8.55. The van der Waals surface area contributed by atoms with Gasteiger partial charge in [0.1, 0.15) is 17.4 Å². The molecule has 190 valence electrons. The molecule has 2 fully saturated rings. The fourth-order valence-corrected chi connectivity index (χ4v) is 4.81. The third-order valence-electron chi connectivity index (χ3n) is 6.52. The summed E-state index contributed by atoms with van der Waals surface area (Å²) in [6, 6.07) is 20.2. The van der Waals surface area contributed by atoms with Crippen LogP contribution in [-0.4, -0.2) is 44.7 Å². The number of methoxy groups -OCH3 is 2. The molecule has 0 radical (unpaired) electrons. The van der Waals surface area contributed by atoms with Crippen molar-refractivity contribution in [3.05, 3.63) is 83.9 Å². The van der Waals surface area contributed by atoms with E-state index in [1.807, 2.05) is 36.4 Å². The maximum atomic E-state index is 13.8. The maximum absolute atomic E-state index is 13.8. The summed E-state index contributed by atoms with van der Waals surface area (Å²) in [6.45, 7) is 1.97. The molecule has 37 heavy (non-hydrogen) atoms. The normalized spacial score (nSPS) is 20.7. The Bertz CT molecular complexity index is 1330. The van der Waals surface area contributed by atoms with Gasteiger partial charge < -0.3 is 14.2 Å². The summed E-state index contributed by atoms with van der Waals surface area (Å²) in [5.74, 6) is -1.08. The van der Waals surface area contributed by atoms with E-state index in [-0.39, 0.29) is 6.61 Å². The number of para-hydroxylation sites is 1. The van der Waals surface area contributed by atoms with Crippen LogP contribution >= 0.6 is 0 Å². The zero-order valence-corrected chi connectivity index (χ0v) is 20.6. The number of imide groups is 1. The van der Waals surface area contributed by atoms with E-state index in [4.69, 9.17) is 19.0 Å². The first-order chi connectivity index (χ1) is 18.0. The van der Waals surface area contributed by atoms with Crippen LogP contribution in [0.15, 0.2) is 72.8 Å². The lowest BCUT2D eigenvalue weighted by atomic mass is 9.90. The van der Waals surface area contributed by atoms with Crippen LogP contribution in [-0.2, 0) is 19.2 Å². The summed E-state index contributed by atoms with van der Waals surface area (Å²) in [4.78, 5) is 46.7. The van der Waals surface area contributed by atoms with Crippen molar-refractivity contribution in [1.82, 2.24) is 0 Å². The number of fused-ring (bicyclic) bond motifs is 1. The number of benzene rings is 3. The summed E-state index contributed by atoms with van der Waals surface area (Å²) in [5.41, 5.74) is 2.07. The summed E-state index contributed by atoms with van der Waals surface area (Å²) in [6.07, 6.45) is -1.03. The molecule has 0 aromatic heterocycles. The first-order valence-electron chi connectivity index (χ1n) is 11.9. The van der Waals surface area contributed by atoms with E-state index >= 15 is 0 Å². The Hall–Kier alpha value is -4.37. The molecule has 3 aromatic rings. The van der Waals surface area contributed by atoms with Crippen LogP contribution in [0.1, 0.15) is 28.9 Å². The molecule has 0 aliphatic carbocycles. The van der Waals surface area contributed by atoms with Crippen LogP contribution in [0.5, 0.6) is 11.5 Å². The Morgan fingerprint density at radius 1 is 0.892 bits per heavy atom. The standard InChI is InChI=1S/C28H26N2O7/c1-4-36-28(33)17-10-12-18(13-11-17)29-26(31)23-24(21-15-14-20(34-2)16-22(21)35-3)30(37-25(23)27(29)32)19-8-6-5-7-9-19/h5-16,23-25H,4H2,1-3H3/t23-,24-,25-/m1/s1. The van der Waals surface area contributed by atoms with E-state index in [2.05, 4.69) is 0 Å². The number of esters is 1. The molecule has 0 saturated carbocycles. The molecule has 5 rings (SSSR count). The first kappa shape index (κ1) is 24.3. The number of anilines is 2. The Labute approximate surface area is 214 Å². The highest BCUT2D eigenvalue weighted by Gasteiger charge is 2.60. The van der Waals surface area contributed by atoms with Gasteiger partial charge in [0.25, 0.3) is 5.91 Å². The van der Waals surface area contributed by atoms with E-state index in [0.717, 1.165) is 4.90 Å². The molecule has 9 heteroatoms. The molecular weight excluding hydrogens is 476 g/mol. The highest BCUT2D eigenvalue weighted by atomic mass is 16.7. The predicted molar refractivity (Wildman–Crippen MR) is 134 cm³/mol. The molecule has 0 N–H and O–H groups in total. The highest BCUT2D eigenvalue weighted by Crippen LogP contribution is 2.49. The van der Waals surface area contributed by atoms with Crippen molar-refractivity contribution in [2.75, 3.05) is 30.8 Å². The van der Waals surface area contributed by atoms with Crippen molar-refractivity contribution in [3.63, 3.8) is 0 Å². The van der Waals surface area contributed by atoms with Gasteiger partial charge in [-0.05, 0) is 55.5 Å². The summed E-state index contributed by atoms with van der Waals surface area (Å²) in [7, 11) is 3.10. The second kappa shape index (κ2) is 9.94. The number of ether oxygens (including phenoxy) is 3. The largest absolute Gasteiger partial charge is 0.497 e. The molecule has 2 aliphatic heterocycles. The third-order valence-corrected chi connectivity index (χ3v) is 6.52. The van der Waals surface area contributed by atoms with Crippen molar-refractivity contribution < 1.29 is 33.4 Å². The SMILES string of the molecule is CCOC(=O)c1ccc(N2C(=O)[C@@H]3[C@@H](c4ccc(OC)cc4OC)N(c4ccccc4)O[C@H]3C2=O)cc1. The Morgan fingerprint density at radius 2 is 1.62 bits per heavy atom. The fourth-order valence-electron chi connectivity index (χ4n) is 4.81. The molecule has 2 saturated heterocycles. The number of carbonyl (C=O) groups is 3. The molecule has 2 aliphatic rings. The molecular formula is C28H26N2O7. The van der Waals surface area contributed by atoms with Crippen LogP contribution in [0.2, 0.25) is 0 Å². The molecule has 2 amide bonds. The van der Waals surface area contributed by atoms with E-state index < -0.39 is 35.8 Å². The van der Waals surface area contributed by atoms with Gasteiger partial charge in [-0.3, -0.25) is 14.4 Å². The monoisotopic (exact) mass is 502 g/mol. The number of hydroxylamine groups is 1. The molecule has 3 aromatic carbocycles. The van der Waals surface area contributed by atoms with Crippen LogP contribution in [0.4, 0.5) is 11.4 Å². The van der Waals surface area contributed by atoms with Gasteiger partial charge in [-0.25, -0.2) is 14.8 Å². The van der Waals surface area contributed by atoms with E-state index in [1.54, 1.807) is 43.4 Å². The van der Waals surface area contributed by atoms with E-state index in [1.165, 1.54) is 19.2 Å². The average Bonchev–Trinajstić information content (AvgIpc) is 3.44. The number of nitrogens with zero attached hydrogens (tertiary/aromatic N) is 2. The van der Waals surface area contributed by atoms with Gasteiger partial charge in [0.05, 0.1) is 43.8 Å². The smallest absolute Gasteiger partial charge is 0.338 e. The topological polar surface area (TPSA) is 94.6 Å². The van der Waals surface area contributed by atoms with Crippen molar-refractivity contribution >= 4 is 29.2 Å². The van der Waals surface area contributed by atoms with Gasteiger partial charge >= 0.3 is 5.97 Å². The Balaban J connectivity index is 1.54. The van der Waals surface area contributed by atoms with Gasteiger partial charge in [0.2, 0.25) is 5.91 Å². The van der Waals surface area contributed by atoms with E-state index in [0.29, 0.717) is 34.0 Å². The average molecular weight is 503 g/mol. The summed E-state index contributed by atoms with van der Waals surface area (Å²) in [5, 5.41) is 1.61. The van der Waals surface area contributed by atoms with Gasteiger partial charge in [0.15, 0.2) is 6.10 Å². The Kier molecular flexibility index (Phi) is 6.54. The first-order valence-corrected chi connectivity index (χ1v) is 11.9. The van der Waals surface area contributed by atoms with Crippen molar-refractivity contribution in [1.29, 1.82) is 0 Å². The molecule has 0 unspecified atom stereocenters. The second-order valence-electron chi connectivity index (χ2n) is 8.55. The molecule has 3 atom stereocenters. The number of hydrogen-bond donors (Lipinski definition) is 0. The lowest BCUT2D eigenvalue weighted by molar-refractivity contribution is -0.126. The number of carbonyl (C=O) groups excluding carboxylic acids is 3. The fraction of sp³-hybridized carbons (Fsp3) is 0.250. The minimum absolute atomic E-state index is 0.249. The zero-order chi connectivity index (χ0) is 26.1. The maximum Gasteiger partial charge on any atom is 0.338 e. The van der Waals surface area contributed by atoms with Gasteiger partial charge in [0, 0.05) is 11.6 Å². The number of amides is 2. The summed E-state index contributed by atoms with van der Waals surface area (Å²) >= 11 is 0. The molecule has 2 heterocycles. The lowest BCUT2D eigenvalue weighted by Gasteiger charge is -2.29. The minimum Gasteiger partial charge on any atom is -0.497 e. The molecule has 9 nitrogen and oxygen atoms in total. The lowest BCUT2D eigenvalue weighted by Crippen LogP contribution is -2.37. The van der Waals surface area contributed by atoms with Crippen LogP contribution in [0.3, 0.4) is 0 Å². The van der Waals surface area contributed by atoms with Crippen molar-refractivity contribution in [3.8, 4) is 11.5 Å². The van der Waals surface area contributed by atoms with Crippen molar-refractivity contribution in [2.45, 2.75) is 19.1 Å². The third kappa shape index (κ3) is 4.17. The number of hydrogen-bond acceptors (Lipinski definition) is 8. The predicted octanol–water partition coefficient (Wildman–Crippen LogP) is 3.93. The van der Waals surface area contributed by atoms with Gasteiger partial charge in [-0.15, -0.1) is 0 Å². The van der Waals surface area contributed by atoms with E-state index in [9.17, 15) is 14.4 Å².